The van der Waals surface area contributed by atoms with Crippen LogP contribution in [0.5, 0.6) is 0 Å². The van der Waals surface area contributed by atoms with Gasteiger partial charge in [0.1, 0.15) is 11.9 Å². The van der Waals surface area contributed by atoms with Gasteiger partial charge in [-0.05, 0) is 30.7 Å². The van der Waals surface area contributed by atoms with Crippen molar-refractivity contribution in [3.63, 3.8) is 0 Å². The van der Waals surface area contributed by atoms with E-state index in [9.17, 15) is 9.18 Å². The zero-order chi connectivity index (χ0) is 19.6. The third kappa shape index (κ3) is 4.46. The number of benzene rings is 2. The number of halogens is 3. The Bertz CT molecular complexity index is 944. The van der Waals surface area contributed by atoms with Crippen molar-refractivity contribution in [1.29, 1.82) is 0 Å². The Morgan fingerprint density at radius 2 is 1.96 bits per heavy atom. The average molecular weight is 424 g/mol. The van der Waals surface area contributed by atoms with E-state index in [1.807, 2.05) is 0 Å². The Morgan fingerprint density at radius 1 is 1.26 bits per heavy atom. The minimum absolute atomic E-state index is 0.280. The van der Waals surface area contributed by atoms with Crippen LogP contribution in [0.2, 0.25) is 10.0 Å². The number of allylic oxidation sites excluding steroid dienone is 1. The first-order valence-corrected chi connectivity index (χ1v) is 9.77. The molecule has 0 saturated heterocycles. The van der Waals surface area contributed by atoms with E-state index in [0.717, 1.165) is 5.56 Å². The minimum Gasteiger partial charge on any atom is -0.366 e. The van der Waals surface area contributed by atoms with Crippen molar-refractivity contribution in [2.45, 2.75) is 18.7 Å². The maximum Gasteiger partial charge on any atom is 0.248 e. The molecular weight excluding hydrogens is 408 g/mol. The van der Waals surface area contributed by atoms with E-state index in [1.54, 1.807) is 37.3 Å². The second kappa shape index (κ2) is 8.33. The third-order valence-corrected chi connectivity index (χ3v) is 5.84. The number of carbonyl (C=O) groups is 1. The van der Waals surface area contributed by atoms with Crippen molar-refractivity contribution < 1.29 is 9.18 Å². The van der Waals surface area contributed by atoms with E-state index >= 15 is 0 Å². The van der Waals surface area contributed by atoms with Crippen LogP contribution in [-0.2, 0) is 10.5 Å². The van der Waals surface area contributed by atoms with Crippen LogP contribution >= 0.6 is 35.0 Å². The number of primary amides is 1. The fourth-order valence-corrected chi connectivity index (χ4v) is 4.04. The van der Waals surface area contributed by atoms with E-state index in [0.29, 0.717) is 37.8 Å². The van der Waals surface area contributed by atoms with Crippen LogP contribution in [-0.4, -0.2) is 11.1 Å². The highest BCUT2D eigenvalue weighted by atomic mass is 35.5. The number of amidine groups is 1. The van der Waals surface area contributed by atoms with Crippen LogP contribution in [0, 0.1) is 5.82 Å². The van der Waals surface area contributed by atoms with E-state index in [2.05, 4.69) is 10.3 Å². The first kappa shape index (κ1) is 19.7. The summed E-state index contributed by atoms with van der Waals surface area (Å²) in [6.45, 7) is 1.76. The van der Waals surface area contributed by atoms with Gasteiger partial charge in [0.25, 0.3) is 0 Å². The molecule has 1 amide bonds. The Morgan fingerprint density at radius 3 is 2.63 bits per heavy atom. The predicted molar refractivity (Wildman–Crippen MR) is 109 cm³/mol. The highest BCUT2D eigenvalue weighted by Crippen LogP contribution is 2.38. The molecular formula is C19H16Cl2FN3OS. The highest BCUT2D eigenvalue weighted by molar-refractivity contribution is 8.13. The van der Waals surface area contributed by atoms with Crippen LogP contribution in [0.4, 0.5) is 4.39 Å². The number of hydrogen-bond donors (Lipinski definition) is 2. The van der Waals surface area contributed by atoms with E-state index < -0.39 is 11.9 Å². The molecule has 0 bridgehead atoms. The van der Waals surface area contributed by atoms with E-state index in [1.165, 1.54) is 23.9 Å². The molecule has 1 aliphatic rings. The van der Waals surface area contributed by atoms with Gasteiger partial charge >= 0.3 is 0 Å². The summed E-state index contributed by atoms with van der Waals surface area (Å²) in [6, 6.07) is 10.8. The van der Waals surface area contributed by atoms with E-state index in [4.69, 9.17) is 28.9 Å². The van der Waals surface area contributed by atoms with Gasteiger partial charge in [-0.25, -0.2) is 9.38 Å². The van der Waals surface area contributed by atoms with Gasteiger partial charge < -0.3 is 11.1 Å². The molecule has 27 heavy (non-hydrogen) atoms. The Hall–Kier alpha value is -2.02. The number of hydrogen-bond acceptors (Lipinski definition) is 4. The van der Waals surface area contributed by atoms with Gasteiger partial charge in [0.05, 0.1) is 15.6 Å². The molecule has 1 aliphatic heterocycles. The van der Waals surface area contributed by atoms with Crippen molar-refractivity contribution >= 4 is 46.0 Å². The van der Waals surface area contributed by atoms with Crippen LogP contribution in [0.1, 0.15) is 24.1 Å². The molecule has 0 fully saturated rings. The van der Waals surface area contributed by atoms with Crippen LogP contribution in [0.25, 0.3) is 0 Å². The second-order valence-electron chi connectivity index (χ2n) is 5.92. The van der Waals surface area contributed by atoms with Gasteiger partial charge in [0.15, 0.2) is 5.17 Å². The van der Waals surface area contributed by atoms with Gasteiger partial charge in [0.2, 0.25) is 5.91 Å². The van der Waals surface area contributed by atoms with E-state index in [-0.39, 0.29) is 5.82 Å². The quantitative estimate of drug-likeness (QED) is 0.739. The molecule has 0 saturated carbocycles. The second-order valence-corrected chi connectivity index (χ2v) is 7.67. The Kier molecular flexibility index (Phi) is 6.09. The maximum atomic E-state index is 13.0. The first-order valence-electron chi connectivity index (χ1n) is 8.03. The molecule has 1 atom stereocenters. The van der Waals surface area contributed by atoms with Crippen molar-refractivity contribution in [3.05, 3.63) is 80.7 Å². The normalized spacial score (nSPS) is 16.7. The zero-order valence-corrected chi connectivity index (χ0v) is 16.6. The minimum atomic E-state index is -0.648. The van der Waals surface area contributed by atoms with Crippen molar-refractivity contribution in [2.24, 2.45) is 10.7 Å². The summed E-state index contributed by atoms with van der Waals surface area (Å²) in [5.74, 6) is -0.272. The standard InChI is InChI=1S/C19H16Cl2FN3OS/c1-10-15(18(23)26)17(13-3-2-4-14(20)16(13)21)25-19(24-10)27-9-11-5-7-12(22)8-6-11/h2-8,17H,9H2,1H3,(H2,23,26)(H,24,25)/t17-/m0/s1. The number of amides is 1. The number of rotatable bonds is 4. The van der Waals surface area contributed by atoms with Crippen molar-refractivity contribution in [2.75, 3.05) is 0 Å². The SMILES string of the molecule is CC1=C(C(N)=O)[C@H](c2cccc(Cl)c2Cl)N=C(SCc2ccc(F)cc2)N1. The number of nitrogens with two attached hydrogens (primary N) is 1. The molecule has 3 rings (SSSR count). The van der Waals surface area contributed by atoms with Crippen LogP contribution < -0.4 is 11.1 Å². The molecule has 2 aromatic carbocycles. The molecule has 0 aromatic heterocycles. The summed E-state index contributed by atoms with van der Waals surface area (Å²) >= 11 is 13.9. The molecule has 0 aliphatic carbocycles. The van der Waals surface area contributed by atoms with Crippen LogP contribution in [0.3, 0.4) is 0 Å². The Labute approximate surface area is 170 Å². The van der Waals surface area contributed by atoms with Gasteiger partial charge in [0, 0.05) is 17.0 Å². The largest absolute Gasteiger partial charge is 0.366 e. The van der Waals surface area contributed by atoms with Gasteiger partial charge in [-0.1, -0.05) is 59.2 Å². The summed E-state index contributed by atoms with van der Waals surface area (Å²) < 4.78 is 13.0. The zero-order valence-electron chi connectivity index (χ0n) is 14.3. The smallest absolute Gasteiger partial charge is 0.248 e. The Balaban J connectivity index is 1.91. The number of nitrogens with one attached hydrogen (secondary N) is 1. The van der Waals surface area contributed by atoms with Gasteiger partial charge in [-0.2, -0.15) is 0 Å². The summed E-state index contributed by atoms with van der Waals surface area (Å²) in [5, 5.41) is 4.44. The topological polar surface area (TPSA) is 67.5 Å². The monoisotopic (exact) mass is 423 g/mol. The molecule has 0 spiro atoms. The third-order valence-electron chi connectivity index (χ3n) is 4.05. The van der Waals surface area contributed by atoms with Gasteiger partial charge in [-0.15, -0.1) is 0 Å². The molecule has 3 N–H and O–H groups in total. The summed E-state index contributed by atoms with van der Waals surface area (Å²) in [4.78, 5) is 16.6. The number of nitrogens with zero attached hydrogens (tertiary/aromatic N) is 1. The molecule has 140 valence electrons. The highest BCUT2D eigenvalue weighted by Gasteiger charge is 2.29. The molecule has 0 radical (unpaired) electrons. The molecule has 2 aromatic rings. The molecule has 0 unspecified atom stereocenters. The maximum absolute atomic E-state index is 13.0. The molecule has 4 nitrogen and oxygen atoms in total. The lowest BCUT2D eigenvalue weighted by atomic mass is 9.96. The lowest BCUT2D eigenvalue weighted by Gasteiger charge is -2.26. The number of aliphatic imine (C=N–C) groups is 1. The van der Waals surface area contributed by atoms with Crippen molar-refractivity contribution in [1.82, 2.24) is 5.32 Å². The lowest BCUT2D eigenvalue weighted by molar-refractivity contribution is -0.114. The summed E-state index contributed by atoms with van der Waals surface area (Å²) in [6.07, 6.45) is 0. The fourth-order valence-electron chi connectivity index (χ4n) is 2.73. The number of carbonyl (C=O) groups excluding carboxylic acids is 1. The van der Waals surface area contributed by atoms with Gasteiger partial charge in [-0.3, -0.25) is 4.79 Å². The fraction of sp³-hybridized carbons (Fsp3) is 0.158. The molecule has 1 heterocycles. The van der Waals surface area contributed by atoms with Crippen molar-refractivity contribution in [3.8, 4) is 0 Å². The lowest BCUT2D eigenvalue weighted by Crippen LogP contribution is -2.32. The first-order chi connectivity index (χ1) is 12.9. The van der Waals surface area contributed by atoms with Crippen LogP contribution in [0.15, 0.2) is 58.7 Å². The number of thioether (sulfide) groups is 1. The predicted octanol–water partition coefficient (Wildman–Crippen LogP) is 4.83. The summed E-state index contributed by atoms with van der Waals surface area (Å²) in [7, 11) is 0. The molecule has 8 heteroatoms. The summed E-state index contributed by atoms with van der Waals surface area (Å²) in [5.41, 5.74) is 8.08. The average Bonchev–Trinajstić information content (AvgIpc) is 2.62.